The Kier molecular flexibility index (Phi) is 4.44. The van der Waals surface area contributed by atoms with Crippen molar-refractivity contribution >= 4 is 17.0 Å². The molecule has 0 saturated carbocycles. The Morgan fingerprint density at radius 1 is 1.05 bits per heavy atom. The van der Waals surface area contributed by atoms with E-state index in [0.717, 1.165) is 41.4 Å². The summed E-state index contributed by atoms with van der Waals surface area (Å²) in [5.74, 6) is 2.48. The van der Waals surface area contributed by atoms with Gasteiger partial charge in [0.1, 0.15) is 11.5 Å². The number of nitrogens with zero attached hydrogens (tertiary/aromatic N) is 1. The zero-order valence-electron chi connectivity index (χ0n) is 12.5. The van der Waals surface area contributed by atoms with Crippen molar-refractivity contribution < 1.29 is 9.47 Å². The van der Waals surface area contributed by atoms with Gasteiger partial charge in [0, 0.05) is 6.54 Å². The summed E-state index contributed by atoms with van der Waals surface area (Å²) in [6.45, 7) is 1.45. The van der Waals surface area contributed by atoms with Crippen molar-refractivity contribution in [2.24, 2.45) is 0 Å². The summed E-state index contributed by atoms with van der Waals surface area (Å²) in [6, 6.07) is 15.6. The fourth-order valence-corrected chi connectivity index (χ4v) is 2.18. The standard InChI is InChI=1S/C17H19N3O2/c1-21-13-7-9-14(10-8-13)22-12-4-11-18-17-19-15-5-2-3-6-16(15)20-17/h2-3,5-10H,4,11-12H2,1H3,(H2,18,19,20). The lowest BCUT2D eigenvalue weighted by atomic mass is 10.3. The van der Waals surface area contributed by atoms with Gasteiger partial charge in [-0.15, -0.1) is 0 Å². The highest BCUT2D eigenvalue weighted by molar-refractivity contribution is 5.77. The highest BCUT2D eigenvalue weighted by Gasteiger charge is 2.00. The number of hydrogen-bond donors (Lipinski definition) is 2. The maximum Gasteiger partial charge on any atom is 0.201 e. The second-order valence-corrected chi connectivity index (χ2v) is 4.91. The van der Waals surface area contributed by atoms with Crippen LogP contribution in [0, 0.1) is 0 Å². The van der Waals surface area contributed by atoms with Crippen LogP contribution >= 0.6 is 0 Å². The van der Waals surface area contributed by atoms with E-state index in [4.69, 9.17) is 9.47 Å². The second kappa shape index (κ2) is 6.85. The molecule has 3 aromatic rings. The number of benzene rings is 2. The number of fused-ring (bicyclic) bond motifs is 1. The lowest BCUT2D eigenvalue weighted by Gasteiger charge is -2.07. The number of rotatable bonds is 7. The molecule has 5 nitrogen and oxygen atoms in total. The molecule has 0 radical (unpaired) electrons. The van der Waals surface area contributed by atoms with Gasteiger partial charge in [0.2, 0.25) is 5.95 Å². The molecule has 0 atom stereocenters. The number of methoxy groups -OCH3 is 1. The number of aromatic amines is 1. The molecule has 1 heterocycles. The third-order valence-corrected chi connectivity index (χ3v) is 3.33. The summed E-state index contributed by atoms with van der Waals surface area (Å²) in [5, 5.41) is 3.27. The molecule has 0 amide bonds. The van der Waals surface area contributed by atoms with Gasteiger partial charge in [-0.2, -0.15) is 0 Å². The molecule has 0 aliphatic heterocycles. The molecule has 0 aliphatic carbocycles. The Hall–Kier alpha value is -2.69. The van der Waals surface area contributed by atoms with Crippen LogP contribution in [0.25, 0.3) is 11.0 Å². The highest BCUT2D eigenvalue weighted by atomic mass is 16.5. The van der Waals surface area contributed by atoms with Crippen LogP contribution < -0.4 is 14.8 Å². The number of aromatic nitrogens is 2. The minimum absolute atomic E-state index is 0.652. The van der Waals surface area contributed by atoms with Gasteiger partial charge in [-0.25, -0.2) is 4.98 Å². The predicted molar refractivity (Wildman–Crippen MR) is 87.7 cm³/mol. The minimum atomic E-state index is 0.652. The Balaban J connectivity index is 1.41. The fraction of sp³-hybridized carbons (Fsp3) is 0.235. The van der Waals surface area contributed by atoms with Gasteiger partial charge in [-0.05, 0) is 42.8 Å². The number of nitrogens with one attached hydrogen (secondary N) is 2. The van der Waals surface area contributed by atoms with Crippen molar-refractivity contribution in [1.29, 1.82) is 0 Å². The number of para-hydroxylation sites is 2. The molecule has 1 aromatic heterocycles. The molecule has 0 fully saturated rings. The number of ether oxygens (including phenoxy) is 2. The fourth-order valence-electron chi connectivity index (χ4n) is 2.18. The van der Waals surface area contributed by atoms with E-state index in [0.29, 0.717) is 6.61 Å². The van der Waals surface area contributed by atoms with E-state index >= 15 is 0 Å². The van der Waals surface area contributed by atoms with Gasteiger partial charge in [-0.1, -0.05) is 12.1 Å². The van der Waals surface area contributed by atoms with Crippen LogP contribution in [0.5, 0.6) is 11.5 Å². The largest absolute Gasteiger partial charge is 0.497 e. The first-order valence-electron chi connectivity index (χ1n) is 7.30. The average molecular weight is 297 g/mol. The predicted octanol–water partition coefficient (Wildman–Crippen LogP) is 3.45. The minimum Gasteiger partial charge on any atom is -0.497 e. The number of hydrogen-bond acceptors (Lipinski definition) is 4. The second-order valence-electron chi connectivity index (χ2n) is 4.91. The third-order valence-electron chi connectivity index (χ3n) is 3.33. The van der Waals surface area contributed by atoms with E-state index in [-0.39, 0.29) is 0 Å². The quantitative estimate of drug-likeness (QED) is 0.656. The Morgan fingerprint density at radius 2 is 1.82 bits per heavy atom. The van der Waals surface area contributed by atoms with Gasteiger partial charge in [-0.3, -0.25) is 0 Å². The van der Waals surface area contributed by atoms with Crippen molar-refractivity contribution in [3.05, 3.63) is 48.5 Å². The van der Waals surface area contributed by atoms with Gasteiger partial charge >= 0.3 is 0 Å². The Bertz CT molecular complexity index is 689. The molecule has 22 heavy (non-hydrogen) atoms. The van der Waals surface area contributed by atoms with E-state index in [9.17, 15) is 0 Å². The maximum absolute atomic E-state index is 5.68. The lowest BCUT2D eigenvalue weighted by Crippen LogP contribution is -2.08. The summed E-state index contributed by atoms with van der Waals surface area (Å²) in [7, 11) is 1.65. The van der Waals surface area contributed by atoms with Crippen LogP contribution in [0.1, 0.15) is 6.42 Å². The van der Waals surface area contributed by atoms with Crippen LogP contribution in [0.2, 0.25) is 0 Å². The number of H-pyrrole nitrogens is 1. The summed E-state index contributed by atoms with van der Waals surface area (Å²) in [6.07, 6.45) is 0.892. The smallest absolute Gasteiger partial charge is 0.201 e. The number of anilines is 1. The Labute approximate surface area is 129 Å². The maximum atomic E-state index is 5.68. The topological polar surface area (TPSA) is 59.2 Å². The van der Waals surface area contributed by atoms with Crippen molar-refractivity contribution in [3.63, 3.8) is 0 Å². The molecule has 2 N–H and O–H groups in total. The molecule has 0 aliphatic rings. The van der Waals surface area contributed by atoms with Crippen molar-refractivity contribution in [2.45, 2.75) is 6.42 Å². The lowest BCUT2D eigenvalue weighted by molar-refractivity contribution is 0.314. The van der Waals surface area contributed by atoms with Gasteiger partial charge < -0.3 is 19.8 Å². The molecule has 0 spiro atoms. The van der Waals surface area contributed by atoms with E-state index in [1.807, 2.05) is 48.5 Å². The summed E-state index contributed by atoms with van der Waals surface area (Å²) in [5.41, 5.74) is 2.01. The van der Waals surface area contributed by atoms with E-state index < -0.39 is 0 Å². The van der Waals surface area contributed by atoms with Gasteiger partial charge in [0.25, 0.3) is 0 Å². The van der Waals surface area contributed by atoms with Crippen LogP contribution in [-0.4, -0.2) is 30.2 Å². The van der Waals surface area contributed by atoms with E-state index in [2.05, 4.69) is 15.3 Å². The molecule has 114 valence electrons. The molecular weight excluding hydrogens is 278 g/mol. The normalized spacial score (nSPS) is 10.6. The molecule has 0 saturated heterocycles. The van der Waals surface area contributed by atoms with E-state index in [1.165, 1.54) is 0 Å². The van der Waals surface area contributed by atoms with Crippen molar-refractivity contribution in [1.82, 2.24) is 9.97 Å². The van der Waals surface area contributed by atoms with Crippen LogP contribution in [0.3, 0.4) is 0 Å². The van der Waals surface area contributed by atoms with Gasteiger partial charge in [0.05, 0.1) is 24.8 Å². The molecule has 2 aromatic carbocycles. The van der Waals surface area contributed by atoms with Crippen molar-refractivity contribution in [3.8, 4) is 11.5 Å². The van der Waals surface area contributed by atoms with Crippen molar-refractivity contribution in [2.75, 3.05) is 25.6 Å². The third kappa shape index (κ3) is 3.49. The summed E-state index contributed by atoms with van der Waals surface area (Å²) < 4.78 is 10.8. The molecule has 0 bridgehead atoms. The zero-order chi connectivity index (χ0) is 15.2. The molecule has 0 unspecified atom stereocenters. The SMILES string of the molecule is COc1ccc(OCCCNc2nc3ccccc3[nH]2)cc1. The molecular formula is C17H19N3O2. The average Bonchev–Trinajstić information content (AvgIpc) is 2.98. The Morgan fingerprint density at radius 3 is 2.59 bits per heavy atom. The summed E-state index contributed by atoms with van der Waals surface area (Å²) >= 11 is 0. The van der Waals surface area contributed by atoms with Crippen LogP contribution in [-0.2, 0) is 0 Å². The van der Waals surface area contributed by atoms with E-state index in [1.54, 1.807) is 7.11 Å². The first-order valence-corrected chi connectivity index (χ1v) is 7.30. The molecule has 5 heteroatoms. The number of imidazole rings is 1. The first-order chi connectivity index (χ1) is 10.8. The zero-order valence-corrected chi connectivity index (χ0v) is 12.5. The monoisotopic (exact) mass is 297 g/mol. The summed E-state index contributed by atoms with van der Waals surface area (Å²) in [4.78, 5) is 7.71. The highest BCUT2D eigenvalue weighted by Crippen LogP contribution is 2.17. The van der Waals surface area contributed by atoms with Crippen LogP contribution in [0.15, 0.2) is 48.5 Å². The first kappa shape index (κ1) is 14.3. The van der Waals surface area contributed by atoms with Gasteiger partial charge in [0.15, 0.2) is 0 Å². The van der Waals surface area contributed by atoms with Crippen LogP contribution in [0.4, 0.5) is 5.95 Å². The molecule has 3 rings (SSSR count).